The van der Waals surface area contributed by atoms with Gasteiger partial charge < -0.3 is 16.4 Å². The fraction of sp³-hybridized carbons (Fsp3) is 0.364. The predicted molar refractivity (Wildman–Crippen MR) is 61.7 cm³/mol. The summed E-state index contributed by atoms with van der Waals surface area (Å²) in [7, 11) is 0. The molecule has 2 amide bonds. The van der Waals surface area contributed by atoms with Gasteiger partial charge in [-0.05, 0) is 32.0 Å². The van der Waals surface area contributed by atoms with Crippen molar-refractivity contribution in [2.75, 3.05) is 11.9 Å². The molecule has 0 saturated carbocycles. The average Bonchev–Trinajstić information content (AvgIpc) is 2.16. The van der Waals surface area contributed by atoms with Gasteiger partial charge in [-0.15, -0.1) is 0 Å². The summed E-state index contributed by atoms with van der Waals surface area (Å²) >= 11 is 0. The zero-order valence-electron chi connectivity index (χ0n) is 9.38. The van der Waals surface area contributed by atoms with Gasteiger partial charge in [0.15, 0.2) is 0 Å². The topological polar surface area (TPSA) is 67.1 Å². The number of anilines is 1. The molecule has 4 N–H and O–H groups in total. The van der Waals surface area contributed by atoms with Crippen LogP contribution >= 0.6 is 0 Å². The minimum absolute atomic E-state index is 0.323. The van der Waals surface area contributed by atoms with Gasteiger partial charge >= 0.3 is 6.03 Å². The zero-order valence-corrected chi connectivity index (χ0v) is 9.38. The Morgan fingerprint density at radius 3 is 2.75 bits per heavy atom. The van der Waals surface area contributed by atoms with E-state index >= 15 is 0 Å². The molecule has 4 nitrogen and oxygen atoms in total. The normalized spacial score (nSPS) is 11.0. The predicted octanol–water partition coefficient (Wildman–Crippen LogP) is 1.68. The number of nitrogens with two attached hydrogens (primary N) is 1. The van der Waals surface area contributed by atoms with Crippen molar-refractivity contribution in [3.8, 4) is 0 Å². The van der Waals surface area contributed by atoms with Crippen LogP contribution in [-0.2, 0) is 0 Å². The van der Waals surface area contributed by atoms with Crippen LogP contribution in [0.25, 0.3) is 0 Å². The van der Waals surface area contributed by atoms with Gasteiger partial charge in [-0.1, -0.05) is 6.07 Å². The van der Waals surface area contributed by atoms with Gasteiger partial charge in [0.2, 0.25) is 0 Å². The van der Waals surface area contributed by atoms with Crippen molar-refractivity contribution in [2.45, 2.75) is 19.4 Å². The van der Waals surface area contributed by atoms with Crippen molar-refractivity contribution in [1.29, 1.82) is 0 Å². The summed E-state index contributed by atoms with van der Waals surface area (Å²) in [6, 6.07) is 5.29. The molecule has 0 fully saturated rings. The van der Waals surface area contributed by atoms with Crippen LogP contribution in [0.4, 0.5) is 14.9 Å². The van der Waals surface area contributed by atoms with Gasteiger partial charge in [-0.2, -0.15) is 0 Å². The van der Waals surface area contributed by atoms with Crippen molar-refractivity contribution in [3.63, 3.8) is 0 Å². The molecule has 1 rings (SSSR count). The van der Waals surface area contributed by atoms with Crippen molar-refractivity contribution < 1.29 is 9.18 Å². The molecule has 0 aliphatic heterocycles. The number of halogens is 1. The number of carbonyl (C=O) groups is 1. The highest BCUT2D eigenvalue weighted by Gasteiger charge is 2.17. The van der Waals surface area contributed by atoms with Crippen LogP contribution in [0.3, 0.4) is 0 Å². The molecule has 1 aromatic rings. The third kappa shape index (κ3) is 3.86. The molecule has 0 unspecified atom stereocenters. The van der Waals surface area contributed by atoms with Gasteiger partial charge in [-0.3, -0.25) is 0 Å². The van der Waals surface area contributed by atoms with E-state index in [0.29, 0.717) is 12.2 Å². The highest BCUT2D eigenvalue weighted by Crippen LogP contribution is 2.09. The Morgan fingerprint density at radius 2 is 2.19 bits per heavy atom. The summed E-state index contributed by atoms with van der Waals surface area (Å²) in [6.07, 6.45) is 0. The Hall–Kier alpha value is -1.62. The molecule has 5 heteroatoms. The quantitative estimate of drug-likeness (QED) is 0.732. The first kappa shape index (κ1) is 12.4. The average molecular weight is 225 g/mol. The van der Waals surface area contributed by atoms with E-state index in [-0.39, 0.29) is 0 Å². The number of rotatable bonds is 3. The van der Waals surface area contributed by atoms with E-state index in [0.717, 1.165) is 0 Å². The molecule has 0 aromatic heterocycles. The molecule has 88 valence electrons. The van der Waals surface area contributed by atoms with E-state index in [1.807, 2.05) is 0 Å². The maximum absolute atomic E-state index is 12.8. The smallest absolute Gasteiger partial charge is 0.319 e. The molecule has 0 bridgehead atoms. The SMILES string of the molecule is CC(C)(CN)NC(=O)Nc1cccc(F)c1. The molecule has 0 heterocycles. The Kier molecular flexibility index (Phi) is 3.84. The third-order valence-electron chi connectivity index (χ3n) is 2.04. The first-order valence-electron chi connectivity index (χ1n) is 4.98. The van der Waals surface area contributed by atoms with E-state index < -0.39 is 17.4 Å². The van der Waals surface area contributed by atoms with Gasteiger partial charge in [-0.25, -0.2) is 9.18 Å². The van der Waals surface area contributed by atoms with Crippen LogP contribution in [0.15, 0.2) is 24.3 Å². The molecule has 1 aromatic carbocycles. The molecule has 0 aliphatic rings. The monoisotopic (exact) mass is 225 g/mol. The maximum Gasteiger partial charge on any atom is 0.319 e. The lowest BCUT2D eigenvalue weighted by Crippen LogP contribution is -2.50. The number of amides is 2. The molecular weight excluding hydrogens is 209 g/mol. The Balaban J connectivity index is 2.59. The Morgan fingerprint density at radius 1 is 1.50 bits per heavy atom. The second-order valence-corrected chi connectivity index (χ2v) is 4.18. The third-order valence-corrected chi connectivity index (χ3v) is 2.04. The molecule has 0 saturated heterocycles. The minimum atomic E-state index is -0.489. The van der Waals surface area contributed by atoms with Crippen molar-refractivity contribution in [3.05, 3.63) is 30.1 Å². The minimum Gasteiger partial charge on any atom is -0.332 e. The number of benzene rings is 1. The highest BCUT2D eigenvalue weighted by atomic mass is 19.1. The van der Waals surface area contributed by atoms with Crippen LogP contribution in [-0.4, -0.2) is 18.1 Å². The van der Waals surface area contributed by atoms with Crippen LogP contribution in [0.1, 0.15) is 13.8 Å². The summed E-state index contributed by atoms with van der Waals surface area (Å²) in [6.45, 7) is 3.93. The van der Waals surface area contributed by atoms with Crippen LogP contribution in [0.5, 0.6) is 0 Å². The summed E-state index contributed by atoms with van der Waals surface area (Å²) in [5.74, 6) is -0.393. The van der Waals surface area contributed by atoms with Gasteiger partial charge in [0.1, 0.15) is 5.82 Å². The molecule has 0 aliphatic carbocycles. The number of nitrogens with one attached hydrogen (secondary N) is 2. The molecule has 16 heavy (non-hydrogen) atoms. The number of carbonyl (C=O) groups excluding carboxylic acids is 1. The summed E-state index contributed by atoms with van der Waals surface area (Å²) in [5, 5.41) is 5.20. The second kappa shape index (κ2) is 4.94. The first-order valence-corrected chi connectivity index (χ1v) is 4.98. The summed E-state index contributed by atoms with van der Waals surface area (Å²) < 4.78 is 12.8. The van der Waals surface area contributed by atoms with Gasteiger partial charge in [0.05, 0.1) is 0 Å². The highest BCUT2D eigenvalue weighted by molar-refractivity contribution is 5.89. The second-order valence-electron chi connectivity index (χ2n) is 4.18. The van der Waals surface area contributed by atoms with E-state index in [2.05, 4.69) is 10.6 Å². The van der Waals surface area contributed by atoms with E-state index in [9.17, 15) is 9.18 Å². The Bertz CT molecular complexity index is 379. The van der Waals surface area contributed by atoms with Gasteiger partial charge in [0.25, 0.3) is 0 Å². The van der Waals surface area contributed by atoms with Crippen LogP contribution in [0, 0.1) is 5.82 Å². The fourth-order valence-electron chi connectivity index (χ4n) is 1.09. The van der Waals surface area contributed by atoms with Gasteiger partial charge in [0, 0.05) is 17.8 Å². The fourth-order valence-corrected chi connectivity index (χ4v) is 1.09. The van der Waals surface area contributed by atoms with Crippen molar-refractivity contribution >= 4 is 11.7 Å². The van der Waals surface area contributed by atoms with Crippen molar-refractivity contribution in [1.82, 2.24) is 5.32 Å². The standard InChI is InChI=1S/C11H16FN3O/c1-11(2,7-13)15-10(16)14-9-5-3-4-8(12)6-9/h3-6H,7,13H2,1-2H3,(H2,14,15,16). The lowest BCUT2D eigenvalue weighted by Gasteiger charge is -2.24. The molecular formula is C11H16FN3O. The largest absolute Gasteiger partial charge is 0.332 e. The molecule has 0 spiro atoms. The Labute approximate surface area is 94.0 Å². The number of urea groups is 1. The summed E-state index contributed by atoms with van der Waals surface area (Å²) in [5.41, 5.74) is 5.39. The number of hydrogen-bond acceptors (Lipinski definition) is 2. The van der Waals surface area contributed by atoms with Crippen LogP contribution < -0.4 is 16.4 Å². The molecule has 0 atom stereocenters. The van der Waals surface area contributed by atoms with E-state index in [1.165, 1.54) is 18.2 Å². The van der Waals surface area contributed by atoms with Crippen molar-refractivity contribution in [2.24, 2.45) is 5.73 Å². The van der Waals surface area contributed by atoms with Crippen LogP contribution in [0.2, 0.25) is 0 Å². The maximum atomic E-state index is 12.8. The van der Waals surface area contributed by atoms with E-state index in [1.54, 1.807) is 19.9 Å². The first-order chi connectivity index (χ1) is 7.43. The lowest BCUT2D eigenvalue weighted by atomic mass is 10.1. The molecule has 0 radical (unpaired) electrons. The zero-order chi connectivity index (χ0) is 12.2. The summed E-state index contributed by atoms with van der Waals surface area (Å²) in [4.78, 5) is 11.5. The van der Waals surface area contributed by atoms with E-state index in [4.69, 9.17) is 5.73 Å². The lowest BCUT2D eigenvalue weighted by molar-refractivity contribution is 0.242. The number of hydrogen-bond donors (Lipinski definition) is 3.